The molecule has 114 valence electrons. The van der Waals surface area contributed by atoms with E-state index in [2.05, 4.69) is 0 Å². The minimum absolute atomic E-state index is 0.0268. The second-order valence-electron chi connectivity index (χ2n) is 5.84. The van der Waals surface area contributed by atoms with Crippen LogP contribution in [0.5, 0.6) is 0 Å². The highest BCUT2D eigenvalue weighted by Gasteiger charge is 2.29. The van der Waals surface area contributed by atoms with Crippen molar-refractivity contribution in [2.45, 2.75) is 19.8 Å². The van der Waals surface area contributed by atoms with Gasteiger partial charge in [-0.1, -0.05) is 12.1 Å². The number of hydrogen-bond acceptors (Lipinski definition) is 3. The molecule has 5 nitrogen and oxygen atoms in total. The molecule has 1 aliphatic heterocycles. The molecule has 21 heavy (non-hydrogen) atoms. The van der Waals surface area contributed by atoms with Crippen LogP contribution in [0.25, 0.3) is 0 Å². The van der Waals surface area contributed by atoms with E-state index < -0.39 is 0 Å². The average molecular weight is 289 g/mol. The predicted octanol–water partition coefficient (Wildman–Crippen LogP) is 1.52. The maximum atomic E-state index is 12.5. The van der Waals surface area contributed by atoms with Crippen LogP contribution in [0.4, 0.5) is 5.69 Å². The van der Waals surface area contributed by atoms with Gasteiger partial charge in [0, 0.05) is 38.8 Å². The summed E-state index contributed by atoms with van der Waals surface area (Å²) in [4.78, 5) is 27.9. The molecule has 1 aliphatic rings. The molecule has 0 atom stereocenters. The van der Waals surface area contributed by atoms with E-state index in [9.17, 15) is 9.59 Å². The lowest BCUT2D eigenvalue weighted by atomic mass is 9.95. The van der Waals surface area contributed by atoms with Gasteiger partial charge in [0.05, 0.1) is 5.56 Å². The minimum atomic E-state index is -0.0352. The Balaban J connectivity index is 2.04. The van der Waals surface area contributed by atoms with Crippen LogP contribution < -0.4 is 5.73 Å². The lowest BCUT2D eigenvalue weighted by Crippen LogP contribution is -2.42. The van der Waals surface area contributed by atoms with E-state index in [4.69, 9.17) is 5.73 Å². The summed E-state index contributed by atoms with van der Waals surface area (Å²) in [6, 6.07) is 5.51. The summed E-state index contributed by atoms with van der Waals surface area (Å²) in [5.41, 5.74) is 8.02. The number of aryl methyl sites for hydroxylation is 1. The van der Waals surface area contributed by atoms with Gasteiger partial charge in [0.1, 0.15) is 0 Å². The Hall–Kier alpha value is -2.04. The highest BCUT2D eigenvalue weighted by atomic mass is 16.2. The minimum Gasteiger partial charge on any atom is -0.398 e. The largest absolute Gasteiger partial charge is 0.398 e. The molecular formula is C16H23N3O2. The Morgan fingerprint density at radius 1 is 1.24 bits per heavy atom. The monoisotopic (exact) mass is 289 g/mol. The molecule has 1 fully saturated rings. The van der Waals surface area contributed by atoms with Gasteiger partial charge in [0.25, 0.3) is 5.91 Å². The van der Waals surface area contributed by atoms with E-state index in [1.165, 1.54) is 0 Å². The number of hydrogen-bond donors (Lipinski definition) is 1. The number of para-hydroxylation sites is 1. The second-order valence-corrected chi connectivity index (χ2v) is 5.84. The third-order valence-electron chi connectivity index (χ3n) is 4.13. The van der Waals surface area contributed by atoms with E-state index in [0.29, 0.717) is 37.2 Å². The van der Waals surface area contributed by atoms with Gasteiger partial charge in [-0.2, -0.15) is 0 Å². The number of anilines is 1. The first-order valence-corrected chi connectivity index (χ1v) is 7.27. The number of benzene rings is 1. The normalized spacial score (nSPS) is 15.9. The van der Waals surface area contributed by atoms with Gasteiger partial charge in [-0.3, -0.25) is 9.59 Å². The molecule has 5 heteroatoms. The fourth-order valence-electron chi connectivity index (χ4n) is 2.73. The summed E-state index contributed by atoms with van der Waals surface area (Å²) in [6.45, 7) is 3.11. The molecule has 0 spiro atoms. The van der Waals surface area contributed by atoms with Crippen molar-refractivity contribution in [1.82, 2.24) is 9.80 Å². The van der Waals surface area contributed by atoms with Crippen LogP contribution >= 0.6 is 0 Å². The van der Waals surface area contributed by atoms with Crippen LogP contribution in [0.15, 0.2) is 18.2 Å². The zero-order chi connectivity index (χ0) is 15.6. The molecule has 0 bridgehead atoms. The smallest absolute Gasteiger partial charge is 0.255 e. The SMILES string of the molecule is Cc1cccc(C(=O)N2CCC(C(=O)N(C)C)CC2)c1N. The Bertz CT molecular complexity index is 546. The molecule has 1 aromatic rings. The molecule has 0 radical (unpaired) electrons. The van der Waals surface area contributed by atoms with Crippen molar-refractivity contribution in [1.29, 1.82) is 0 Å². The molecule has 0 saturated carbocycles. The predicted molar refractivity (Wildman–Crippen MR) is 82.9 cm³/mol. The summed E-state index contributed by atoms with van der Waals surface area (Å²) >= 11 is 0. The van der Waals surface area contributed by atoms with Crippen molar-refractivity contribution >= 4 is 17.5 Å². The Morgan fingerprint density at radius 2 is 1.86 bits per heavy atom. The molecule has 2 rings (SSSR count). The highest BCUT2D eigenvalue weighted by molar-refractivity contribution is 5.99. The Labute approximate surface area is 125 Å². The lowest BCUT2D eigenvalue weighted by Gasteiger charge is -2.32. The second kappa shape index (κ2) is 6.16. The van der Waals surface area contributed by atoms with Crippen LogP contribution in [-0.2, 0) is 4.79 Å². The zero-order valence-electron chi connectivity index (χ0n) is 12.9. The lowest BCUT2D eigenvalue weighted by molar-refractivity contribution is -0.134. The zero-order valence-corrected chi connectivity index (χ0v) is 12.9. The van der Waals surface area contributed by atoms with Gasteiger partial charge in [-0.05, 0) is 31.4 Å². The number of nitrogens with two attached hydrogens (primary N) is 1. The van der Waals surface area contributed by atoms with Crippen molar-refractivity contribution in [2.24, 2.45) is 5.92 Å². The van der Waals surface area contributed by atoms with Crippen LogP contribution in [0.1, 0.15) is 28.8 Å². The standard InChI is InChI=1S/C16H23N3O2/c1-11-5-4-6-13(14(11)17)16(21)19-9-7-12(8-10-19)15(20)18(2)3/h4-6,12H,7-10,17H2,1-3H3. The molecule has 0 aliphatic carbocycles. The number of piperidine rings is 1. The first kappa shape index (κ1) is 15.4. The summed E-state index contributed by atoms with van der Waals surface area (Å²) in [7, 11) is 3.54. The summed E-state index contributed by atoms with van der Waals surface area (Å²) in [5, 5.41) is 0. The number of likely N-dealkylation sites (tertiary alicyclic amines) is 1. The Morgan fingerprint density at radius 3 is 2.43 bits per heavy atom. The van der Waals surface area contributed by atoms with Crippen molar-refractivity contribution in [3.05, 3.63) is 29.3 Å². The third kappa shape index (κ3) is 3.17. The Kier molecular flexibility index (Phi) is 4.50. The van der Waals surface area contributed by atoms with Crippen molar-refractivity contribution < 1.29 is 9.59 Å². The first-order valence-electron chi connectivity index (χ1n) is 7.27. The van der Waals surface area contributed by atoms with E-state index >= 15 is 0 Å². The number of nitrogens with zero attached hydrogens (tertiary/aromatic N) is 2. The number of nitrogen functional groups attached to an aromatic ring is 1. The molecule has 0 aromatic heterocycles. The number of rotatable bonds is 2. The van der Waals surface area contributed by atoms with E-state index in [0.717, 1.165) is 5.56 Å². The summed E-state index contributed by atoms with van der Waals surface area (Å²) in [6.07, 6.45) is 1.43. The fraction of sp³-hybridized carbons (Fsp3) is 0.500. The van der Waals surface area contributed by atoms with E-state index in [1.54, 1.807) is 30.0 Å². The summed E-state index contributed by atoms with van der Waals surface area (Å²) in [5.74, 6) is 0.142. The maximum absolute atomic E-state index is 12.5. The van der Waals surface area contributed by atoms with Crippen LogP contribution in [0.3, 0.4) is 0 Å². The molecule has 2 amide bonds. The van der Waals surface area contributed by atoms with Gasteiger partial charge in [0.2, 0.25) is 5.91 Å². The van der Waals surface area contributed by atoms with Gasteiger partial charge < -0.3 is 15.5 Å². The van der Waals surface area contributed by atoms with Crippen LogP contribution in [-0.4, -0.2) is 48.8 Å². The quantitative estimate of drug-likeness (QED) is 0.839. The summed E-state index contributed by atoms with van der Waals surface area (Å²) < 4.78 is 0. The van der Waals surface area contributed by atoms with E-state index in [-0.39, 0.29) is 17.7 Å². The van der Waals surface area contributed by atoms with E-state index in [1.807, 2.05) is 19.1 Å². The van der Waals surface area contributed by atoms with Gasteiger partial charge >= 0.3 is 0 Å². The molecule has 0 unspecified atom stereocenters. The molecule has 1 aromatic carbocycles. The first-order chi connectivity index (χ1) is 9.91. The van der Waals surface area contributed by atoms with Crippen LogP contribution in [0, 0.1) is 12.8 Å². The molecule has 2 N–H and O–H groups in total. The van der Waals surface area contributed by atoms with Gasteiger partial charge in [-0.25, -0.2) is 0 Å². The van der Waals surface area contributed by atoms with Crippen molar-refractivity contribution in [3.8, 4) is 0 Å². The van der Waals surface area contributed by atoms with Crippen molar-refractivity contribution in [3.63, 3.8) is 0 Å². The average Bonchev–Trinajstić information content (AvgIpc) is 2.48. The van der Waals surface area contributed by atoms with Gasteiger partial charge in [0.15, 0.2) is 0 Å². The third-order valence-corrected chi connectivity index (χ3v) is 4.13. The molecule has 1 heterocycles. The molecule has 1 saturated heterocycles. The highest BCUT2D eigenvalue weighted by Crippen LogP contribution is 2.23. The van der Waals surface area contributed by atoms with Crippen molar-refractivity contribution in [2.75, 3.05) is 32.9 Å². The topological polar surface area (TPSA) is 66.6 Å². The maximum Gasteiger partial charge on any atom is 0.255 e. The fourth-order valence-corrected chi connectivity index (χ4v) is 2.73. The molecular weight excluding hydrogens is 266 g/mol. The number of carbonyl (C=O) groups is 2. The number of carbonyl (C=O) groups excluding carboxylic acids is 2. The number of amides is 2. The van der Waals surface area contributed by atoms with Crippen LogP contribution in [0.2, 0.25) is 0 Å². The van der Waals surface area contributed by atoms with Gasteiger partial charge in [-0.15, -0.1) is 0 Å².